The van der Waals surface area contributed by atoms with Crippen LogP contribution in [0.2, 0.25) is 10.0 Å². The van der Waals surface area contributed by atoms with Crippen molar-refractivity contribution >= 4 is 40.8 Å². The van der Waals surface area contributed by atoms with E-state index in [1.54, 1.807) is 30.3 Å². The van der Waals surface area contributed by atoms with Crippen molar-refractivity contribution in [2.24, 2.45) is 0 Å². The number of halogens is 2. The number of carbonyl (C=O) groups is 1. The van der Waals surface area contributed by atoms with Gasteiger partial charge in [0.25, 0.3) is 0 Å². The first-order valence-corrected chi connectivity index (χ1v) is 9.76. The summed E-state index contributed by atoms with van der Waals surface area (Å²) in [5, 5.41) is 19.2. The average molecular weight is 438 g/mol. The van der Waals surface area contributed by atoms with Gasteiger partial charge >= 0.3 is 5.97 Å². The van der Waals surface area contributed by atoms with Gasteiger partial charge in [0.15, 0.2) is 5.75 Å². The second-order valence-corrected chi connectivity index (χ2v) is 7.46. The Morgan fingerprint density at radius 3 is 2.27 bits per heavy atom. The first-order chi connectivity index (χ1) is 14.4. The van der Waals surface area contributed by atoms with Crippen LogP contribution in [-0.4, -0.2) is 11.1 Å². The zero-order valence-electron chi connectivity index (χ0n) is 16.0. The summed E-state index contributed by atoms with van der Waals surface area (Å²) in [5.41, 5.74) is 3.86. The largest absolute Gasteiger partial charge is 0.486 e. The molecule has 30 heavy (non-hydrogen) atoms. The first kappa shape index (κ1) is 21.4. The van der Waals surface area contributed by atoms with Crippen LogP contribution in [0.15, 0.2) is 60.7 Å². The summed E-state index contributed by atoms with van der Waals surface area (Å²) < 4.78 is 5.81. The molecule has 0 aliphatic heterocycles. The third-order valence-corrected chi connectivity index (χ3v) is 4.92. The molecule has 0 spiro atoms. The van der Waals surface area contributed by atoms with Gasteiger partial charge in [-0.25, -0.2) is 4.79 Å². The van der Waals surface area contributed by atoms with Gasteiger partial charge in [0.05, 0.1) is 27.3 Å². The van der Waals surface area contributed by atoms with Gasteiger partial charge < -0.3 is 9.84 Å². The zero-order valence-corrected chi connectivity index (χ0v) is 17.5. The highest BCUT2D eigenvalue weighted by Gasteiger charge is 2.11. The number of nitriles is 1. The van der Waals surface area contributed by atoms with Crippen LogP contribution >= 0.6 is 23.2 Å². The molecule has 4 nitrogen and oxygen atoms in total. The molecule has 0 radical (unpaired) electrons. The van der Waals surface area contributed by atoms with Gasteiger partial charge in [-0.15, -0.1) is 0 Å². The molecule has 0 saturated carbocycles. The molecule has 0 saturated heterocycles. The standard InChI is InChI=1S/C24H17Cl2NO3/c1-15-3-2-4-16(9-15)14-30-23-21(25)11-17(12-22(23)26)10-20(13-27)18-5-7-19(8-6-18)24(28)29/h2-12H,14H2,1H3,(H,28,29)/b20-10-. The molecule has 3 aromatic rings. The third-order valence-electron chi connectivity index (χ3n) is 4.36. The zero-order chi connectivity index (χ0) is 21.7. The highest BCUT2D eigenvalue weighted by molar-refractivity contribution is 6.37. The minimum absolute atomic E-state index is 0.150. The summed E-state index contributed by atoms with van der Waals surface area (Å²) in [6.07, 6.45) is 1.64. The monoisotopic (exact) mass is 437 g/mol. The molecular weight excluding hydrogens is 421 g/mol. The lowest BCUT2D eigenvalue weighted by molar-refractivity contribution is 0.0697. The Kier molecular flexibility index (Phi) is 6.79. The molecule has 0 fully saturated rings. The van der Waals surface area contributed by atoms with E-state index in [-0.39, 0.29) is 5.56 Å². The smallest absolute Gasteiger partial charge is 0.335 e. The van der Waals surface area contributed by atoms with Gasteiger partial charge in [-0.2, -0.15) is 5.26 Å². The summed E-state index contributed by atoms with van der Waals surface area (Å²) in [6.45, 7) is 2.34. The summed E-state index contributed by atoms with van der Waals surface area (Å²) in [5.74, 6) is -0.648. The number of carboxylic acid groups (broad SMARTS) is 1. The fourth-order valence-corrected chi connectivity index (χ4v) is 3.51. The summed E-state index contributed by atoms with van der Waals surface area (Å²) in [6, 6.07) is 19.5. The number of aryl methyl sites for hydroxylation is 1. The van der Waals surface area contributed by atoms with Crippen LogP contribution in [0.25, 0.3) is 11.6 Å². The number of nitrogens with zero attached hydrogens (tertiary/aromatic N) is 1. The lowest BCUT2D eigenvalue weighted by Gasteiger charge is -2.11. The first-order valence-electron chi connectivity index (χ1n) is 9.00. The SMILES string of the molecule is Cc1cccc(COc2c(Cl)cc(/C=C(/C#N)c3ccc(C(=O)O)cc3)cc2Cl)c1. The Hall–Kier alpha value is -3.26. The predicted octanol–water partition coefficient (Wildman–Crippen LogP) is 6.64. The van der Waals surface area contributed by atoms with Crippen molar-refractivity contribution < 1.29 is 14.6 Å². The molecule has 0 amide bonds. The maximum Gasteiger partial charge on any atom is 0.335 e. The van der Waals surface area contributed by atoms with Crippen molar-refractivity contribution in [1.29, 1.82) is 5.26 Å². The van der Waals surface area contributed by atoms with Crippen molar-refractivity contribution in [3.8, 4) is 11.8 Å². The molecule has 0 heterocycles. The van der Waals surface area contributed by atoms with E-state index in [1.807, 2.05) is 31.2 Å². The van der Waals surface area contributed by atoms with Gasteiger partial charge in [0, 0.05) is 0 Å². The molecule has 0 aliphatic carbocycles. The van der Waals surface area contributed by atoms with Gasteiger partial charge in [0.1, 0.15) is 6.61 Å². The van der Waals surface area contributed by atoms with E-state index >= 15 is 0 Å². The second kappa shape index (κ2) is 9.49. The Labute approximate surface area is 184 Å². The number of hydrogen-bond acceptors (Lipinski definition) is 3. The van der Waals surface area contributed by atoms with Gasteiger partial charge in [-0.1, -0.05) is 65.2 Å². The van der Waals surface area contributed by atoms with Crippen LogP contribution in [0, 0.1) is 18.3 Å². The fourth-order valence-electron chi connectivity index (χ4n) is 2.90. The topological polar surface area (TPSA) is 70.3 Å². The molecule has 3 aromatic carbocycles. The van der Waals surface area contributed by atoms with Crippen molar-refractivity contribution in [1.82, 2.24) is 0 Å². The predicted molar refractivity (Wildman–Crippen MR) is 119 cm³/mol. The molecule has 0 aliphatic rings. The highest BCUT2D eigenvalue weighted by Crippen LogP contribution is 2.36. The van der Waals surface area contributed by atoms with Crippen LogP contribution in [0.3, 0.4) is 0 Å². The van der Waals surface area contributed by atoms with Crippen molar-refractivity contribution in [2.75, 3.05) is 0 Å². The molecule has 1 N–H and O–H groups in total. The van der Waals surface area contributed by atoms with Crippen molar-refractivity contribution in [2.45, 2.75) is 13.5 Å². The summed E-state index contributed by atoms with van der Waals surface area (Å²) in [4.78, 5) is 11.0. The Morgan fingerprint density at radius 1 is 1.07 bits per heavy atom. The lowest BCUT2D eigenvalue weighted by Crippen LogP contribution is -1.97. The molecule has 3 rings (SSSR count). The highest BCUT2D eigenvalue weighted by atomic mass is 35.5. The third kappa shape index (κ3) is 5.21. The average Bonchev–Trinajstić information content (AvgIpc) is 2.71. The molecule has 6 heteroatoms. The Bertz CT molecular complexity index is 1140. The maximum absolute atomic E-state index is 11.0. The normalized spacial score (nSPS) is 11.1. The van der Waals surface area contributed by atoms with E-state index in [9.17, 15) is 10.1 Å². The quantitative estimate of drug-likeness (QED) is 0.346. The van der Waals surface area contributed by atoms with E-state index in [0.29, 0.717) is 39.1 Å². The number of carboxylic acids is 1. The Morgan fingerprint density at radius 2 is 1.70 bits per heavy atom. The molecular formula is C24H17Cl2NO3. The van der Waals surface area contributed by atoms with E-state index < -0.39 is 5.97 Å². The number of benzene rings is 3. The van der Waals surface area contributed by atoms with Crippen LogP contribution in [0.5, 0.6) is 5.75 Å². The number of ether oxygens (including phenoxy) is 1. The Balaban J connectivity index is 1.84. The minimum atomic E-state index is -1.02. The lowest BCUT2D eigenvalue weighted by atomic mass is 10.0. The van der Waals surface area contributed by atoms with Gasteiger partial charge in [-0.3, -0.25) is 0 Å². The molecule has 0 atom stereocenters. The van der Waals surface area contributed by atoms with E-state index in [1.165, 1.54) is 12.1 Å². The number of hydrogen-bond donors (Lipinski definition) is 1. The number of rotatable bonds is 6. The molecule has 0 aromatic heterocycles. The van der Waals surface area contributed by atoms with Crippen LogP contribution in [0.4, 0.5) is 0 Å². The van der Waals surface area contributed by atoms with E-state index in [4.69, 9.17) is 33.0 Å². The van der Waals surface area contributed by atoms with Crippen LogP contribution in [0.1, 0.15) is 32.6 Å². The minimum Gasteiger partial charge on any atom is -0.486 e. The number of aromatic carboxylic acids is 1. The van der Waals surface area contributed by atoms with Crippen molar-refractivity contribution in [3.63, 3.8) is 0 Å². The molecule has 150 valence electrons. The van der Waals surface area contributed by atoms with Crippen LogP contribution in [-0.2, 0) is 6.61 Å². The maximum atomic E-state index is 11.0. The van der Waals surface area contributed by atoms with E-state index in [2.05, 4.69) is 6.07 Å². The van der Waals surface area contributed by atoms with Gasteiger partial charge in [-0.05, 0) is 54.0 Å². The fraction of sp³-hybridized carbons (Fsp3) is 0.0833. The molecule has 0 unspecified atom stereocenters. The van der Waals surface area contributed by atoms with Gasteiger partial charge in [0.2, 0.25) is 0 Å². The molecule has 0 bridgehead atoms. The van der Waals surface area contributed by atoms with Crippen molar-refractivity contribution in [3.05, 3.63) is 98.5 Å². The van der Waals surface area contributed by atoms with Crippen LogP contribution < -0.4 is 4.74 Å². The van der Waals surface area contributed by atoms with E-state index in [0.717, 1.165) is 11.1 Å². The second-order valence-electron chi connectivity index (χ2n) is 6.64. The summed E-state index contributed by atoms with van der Waals surface area (Å²) >= 11 is 12.7. The summed E-state index contributed by atoms with van der Waals surface area (Å²) in [7, 11) is 0. The number of allylic oxidation sites excluding steroid dienone is 1.